The Balaban J connectivity index is 2.28. The van der Waals surface area contributed by atoms with Crippen molar-refractivity contribution in [3.63, 3.8) is 0 Å². The second kappa shape index (κ2) is 3.20. The van der Waals surface area contributed by atoms with Gasteiger partial charge in [0.25, 0.3) is 0 Å². The van der Waals surface area contributed by atoms with Crippen molar-refractivity contribution in [2.45, 2.75) is 0 Å². The summed E-state index contributed by atoms with van der Waals surface area (Å²) in [4.78, 5) is 4.29. The Morgan fingerprint density at radius 1 is 0.933 bits per heavy atom. The molecule has 0 unspecified atom stereocenters. The Morgan fingerprint density at radius 2 is 1.80 bits per heavy atom. The molecule has 0 saturated heterocycles. The zero-order valence-corrected chi connectivity index (χ0v) is 8.01. The Morgan fingerprint density at radius 3 is 2.67 bits per heavy atom. The maximum atomic E-state index is 4.29. The number of fused-ring (bicyclic) bond motifs is 1. The van der Waals surface area contributed by atoms with Gasteiger partial charge >= 0.3 is 0 Å². The van der Waals surface area contributed by atoms with Gasteiger partial charge in [-0.1, -0.05) is 24.3 Å². The molecule has 0 aliphatic carbocycles. The van der Waals surface area contributed by atoms with Gasteiger partial charge in [-0.2, -0.15) is 5.10 Å². The standard InChI is InChI=1S/C12H9N3/c1-2-6-10-9(5-1)12(15-14-10)11-7-3-4-8-13-11/h1-8H,(H,14,15). The summed E-state index contributed by atoms with van der Waals surface area (Å²) in [6, 6.07) is 13.9. The molecule has 3 aromatic rings. The number of benzene rings is 1. The van der Waals surface area contributed by atoms with Crippen molar-refractivity contribution in [3.8, 4) is 11.4 Å². The molecular formula is C12H9N3. The fraction of sp³-hybridized carbons (Fsp3) is 0. The van der Waals surface area contributed by atoms with Crippen molar-refractivity contribution in [2.24, 2.45) is 0 Å². The van der Waals surface area contributed by atoms with Crippen LogP contribution >= 0.6 is 0 Å². The zero-order chi connectivity index (χ0) is 10.1. The fourth-order valence-corrected chi connectivity index (χ4v) is 1.66. The van der Waals surface area contributed by atoms with Gasteiger partial charge in [0.15, 0.2) is 0 Å². The average molecular weight is 195 g/mol. The number of nitrogens with zero attached hydrogens (tertiary/aromatic N) is 2. The Labute approximate surface area is 86.8 Å². The van der Waals surface area contributed by atoms with Gasteiger partial charge in [-0.25, -0.2) is 0 Å². The number of hydrogen-bond donors (Lipinski definition) is 1. The molecule has 0 bridgehead atoms. The maximum absolute atomic E-state index is 4.29. The highest BCUT2D eigenvalue weighted by atomic mass is 15.1. The minimum atomic E-state index is 0.898. The third-order valence-corrected chi connectivity index (χ3v) is 2.38. The van der Waals surface area contributed by atoms with Gasteiger partial charge in [-0.05, 0) is 18.2 Å². The molecule has 0 spiro atoms. The molecule has 0 fully saturated rings. The molecule has 3 rings (SSSR count). The van der Waals surface area contributed by atoms with Crippen molar-refractivity contribution in [2.75, 3.05) is 0 Å². The molecule has 0 radical (unpaired) electrons. The highest BCUT2D eigenvalue weighted by Crippen LogP contribution is 2.23. The summed E-state index contributed by atoms with van der Waals surface area (Å²) in [6.45, 7) is 0. The van der Waals surface area contributed by atoms with Gasteiger partial charge in [0.1, 0.15) is 5.69 Å². The first-order valence-corrected chi connectivity index (χ1v) is 4.80. The van der Waals surface area contributed by atoms with Crippen LogP contribution in [-0.2, 0) is 0 Å². The Hall–Kier alpha value is -2.16. The molecule has 0 amide bonds. The molecule has 0 aliphatic heterocycles. The van der Waals surface area contributed by atoms with Gasteiger partial charge in [0, 0.05) is 11.6 Å². The van der Waals surface area contributed by atoms with E-state index in [0.717, 1.165) is 22.3 Å². The molecule has 1 aromatic carbocycles. The second-order valence-corrected chi connectivity index (χ2v) is 3.33. The van der Waals surface area contributed by atoms with Crippen LogP contribution in [0, 0.1) is 0 Å². The quantitative estimate of drug-likeness (QED) is 0.648. The van der Waals surface area contributed by atoms with Crippen molar-refractivity contribution < 1.29 is 0 Å². The largest absolute Gasteiger partial charge is 0.277 e. The van der Waals surface area contributed by atoms with Crippen LogP contribution in [-0.4, -0.2) is 15.2 Å². The number of aromatic nitrogens is 3. The summed E-state index contributed by atoms with van der Waals surface area (Å²) in [6.07, 6.45) is 1.78. The van der Waals surface area contributed by atoms with Crippen LogP contribution in [0.25, 0.3) is 22.3 Å². The van der Waals surface area contributed by atoms with E-state index in [4.69, 9.17) is 0 Å². The number of rotatable bonds is 1. The lowest BCUT2D eigenvalue weighted by molar-refractivity contribution is 1.11. The van der Waals surface area contributed by atoms with Crippen molar-refractivity contribution in [1.29, 1.82) is 0 Å². The molecule has 0 aliphatic rings. The summed E-state index contributed by atoms with van der Waals surface area (Å²) in [5.74, 6) is 0. The second-order valence-electron chi connectivity index (χ2n) is 3.33. The average Bonchev–Trinajstić information content (AvgIpc) is 2.74. The van der Waals surface area contributed by atoms with E-state index in [1.165, 1.54) is 0 Å². The van der Waals surface area contributed by atoms with E-state index in [2.05, 4.69) is 15.2 Å². The van der Waals surface area contributed by atoms with Crippen molar-refractivity contribution in [3.05, 3.63) is 48.7 Å². The predicted octanol–water partition coefficient (Wildman–Crippen LogP) is 2.62. The van der Waals surface area contributed by atoms with Crippen LogP contribution < -0.4 is 0 Å². The molecule has 0 atom stereocenters. The highest BCUT2D eigenvalue weighted by Gasteiger charge is 2.06. The maximum Gasteiger partial charge on any atom is 0.118 e. The summed E-state index contributed by atoms with van der Waals surface area (Å²) >= 11 is 0. The Bertz CT molecular complexity index is 584. The lowest BCUT2D eigenvalue weighted by Gasteiger charge is -1.94. The number of para-hydroxylation sites is 1. The lowest BCUT2D eigenvalue weighted by atomic mass is 10.1. The van der Waals surface area contributed by atoms with E-state index in [9.17, 15) is 0 Å². The molecule has 2 heterocycles. The third kappa shape index (κ3) is 1.29. The first-order valence-electron chi connectivity index (χ1n) is 4.80. The highest BCUT2D eigenvalue weighted by molar-refractivity contribution is 5.91. The monoisotopic (exact) mass is 195 g/mol. The van der Waals surface area contributed by atoms with Crippen LogP contribution in [0.1, 0.15) is 0 Å². The van der Waals surface area contributed by atoms with Crippen LogP contribution in [0.2, 0.25) is 0 Å². The van der Waals surface area contributed by atoms with Gasteiger partial charge in [-0.15, -0.1) is 0 Å². The fourth-order valence-electron chi connectivity index (χ4n) is 1.66. The van der Waals surface area contributed by atoms with Gasteiger partial charge in [-0.3, -0.25) is 10.1 Å². The first kappa shape index (κ1) is 8.17. The number of aromatic amines is 1. The molecule has 1 N–H and O–H groups in total. The summed E-state index contributed by atoms with van der Waals surface area (Å²) < 4.78 is 0. The molecule has 0 saturated carbocycles. The van der Waals surface area contributed by atoms with E-state index < -0.39 is 0 Å². The summed E-state index contributed by atoms with van der Waals surface area (Å²) in [7, 11) is 0. The number of pyridine rings is 1. The molecule has 2 aromatic heterocycles. The lowest BCUT2D eigenvalue weighted by Crippen LogP contribution is -1.82. The summed E-state index contributed by atoms with van der Waals surface area (Å²) in [5.41, 5.74) is 2.85. The van der Waals surface area contributed by atoms with Gasteiger partial charge < -0.3 is 0 Å². The van der Waals surface area contributed by atoms with Crippen LogP contribution in [0.5, 0.6) is 0 Å². The Kier molecular flexibility index (Phi) is 1.75. The minimum Gasteiger partial charge on any atom is -0.277 e. The van der Waals surface area contributed by atoms with E-state index in [-0.39, 0.29) is 0 Å². The van der Waals surface area contributed by atoms with Crippen LogP contribution in [0.15, 0.2) is 48.7 Å². The van der Waals surface area contributed by atoms with E-state index in [1.54, 1.807) is 6.20 Å². The molecule has 15 heavy (non-hydrogen) atoms. The molecule has 3 nitrogen and oxygen atoms in total. The molecule has 3 heteroatoms. The van der Waals surface area contributed by atoms with E-state index in [0.29, 0.717) is 0 Å². The minimum absolute atomic E-state index is 0.898. The molecular weight excluding hydrogens is 186 g/mol. The smallest absolute Gasteiger partial charge is 0.118 e. The SMILES string of the molecule is c1ccc(-c2n[nH]c3ccccc23)nc1. The third-order valence-electron chi connectivity index (χ3n) is 2.38. The summed E-state index contributed by atoms with van der Waals surface area (Å²) in [5, 5.41) is 8.38. The number of hydrogen-bond acceptors (Lipinski definition) is 2. The normalized spacial score (nSPS) is 10.7. The first-order chi connectivity index (χ1) is 7.45. The topological polar surface area (TPSA) is 41.6 Å². The van der Waals surface area contributed by atoms with Gasteiger partial charge in [0.2, 0.25) is 0 Å². The molecule has 72 valence electrons. The number of H-pyrrole nitrogens is 1. The van der Waals surface area contributed by atoms with Gasteiger partial charge in [0.05, 0.1) is 11.2 Å². The zero-order valence-electron chi connectivity index (χ0n) is 8.01. The van der Waals surface area contributed by atoms with Crippen molar-refractivity contribution in [1.82, 2.24) is 15.2 Å². The van der Waals surface area contributed by atoms with Crippen LogP contribution in [0.4, 0.5) is 0 Å². The predicted molar refractivity (Wildman–Crippen MR) is 59.3 cm³/mol. The number of nitrogens with one attached hydrogen (secondary N) is 1. The van der Waals surface area contributed by atoms with Crippen LogP contribution in [0.3, 0.4) is 0 Å². The van der Waals surface area contributed by atoms with E-state index >= 15 is 0 Å². The van der Waals surface area contributed by atoms with E-state index in [1.807, 2.05) is 42.5 Å². The van der Waals surface area contributed by atoms with Crippen molar-refractivity contribution >= 4 is 10.9 Å².